The van der Waals surface area contributed by atoms with E-state index in [2.05, 4.69) is 10.2 Å². The van der Waals surface area contributed by atoms with Crippen LogP contribution in [-0.4, -0.2) is 48.5 Å². The predicted octanol–water partition coefficient (Wildman–Crippen LogP) is 5.75. The molecule has 1 N–H and O–H groups in total. The third-order valence-electron chi connectivity index (χ3n) is 5.87. The molecule has 1 saturated heterocycles. The van der Waals surface area contributed by atoms with Gasteiger partial charge in [0.1, 0.15) is 5.75 Å². The number of carbonyl (C=O) groups is 2. The molecule has 1 heterocycles. The van der Waals surface area contributed by atoms with Crippen molar-refractivity contribution in [2.45, 2.75) is 19.4 Å². The number of nitrogens with zero attached hydrogens (tertiary/aromatic N) is 2. The van der Waals surface area contributed by atoms with Crippen molar-refractivity contribution in [2.24, 2.45) is 0 Å². The summed E-state index contributed by atoms with van der Waals surface area (Å²) < 4.78 is 5.86. The number of amides is 2. The molecule has 1 aliphatic heterocycles. The van der Waals surface area contributed by atoms with Crippen LogP contribution in [0.15, 0.2) is 72.8 Å². The first kappa shape index (κ1) is 24.9. The standard InChI is InChI=1S/C27H27Cl2N3O3/c1-27(2,35-22-11-8-20(28)9-12-22)26(34)30-21-10-13-24(23(29)18-21)31-14-16-32(17-15-31)25(33)19-6-4-3-5-7-19/h3-13,18H,14-17H2,1-2H3,(H,30,34). The fourth-order valence-corrected chi connectivity index (χ4v) is 4.31. The molecule has 2 amide bonds. The molecule has 0 saturated carbocycles. The van der Waals surface area contributed by atoms with Crippen LogP contribution in [0.1, 0.15) is 24.2 Å². The molecule has 0 spiro atoms. The van der Waals surface area contributed by atoms with E-state index in [0.717, 1.165) is 5.69 Å². The Hall–Kier alpha value is -3.22. The summed E-state index contributed by atoms with van der Waals surface area (Å²) in [6.07, 6.45) is 0. The molecular formula is C27H27Cl2N3O3. The van der Waals surface area contributed by atoms with Gasteiger partial charge in [-0.3, -0.25) is 9.59 Å². The van der Waals surface area contributed by atoms with Gasteiger partial charge in [0.2, 0.25) is 0 Å². The van der Waals surface area contributed by atoms with Gasteiger partial charge in [-0.25, -0.2) is 0 Å². The molecule has 6 nitrogen and oxygen atoms in total. The second-order valence-corrected chi connectivity index (χ2v) is 9.68. The highest BCUT2D eigenvalue weighted by Gasteiger charge is 2.30. The van der Waals surface area contributed by atoms with E-state index in [1.807, 2.05) is 47.4 Å². The van der Waals surface area contributed by atoms with Crippen LogP contribution in [0.3, 0.4) is 0 Å². The smallest absolute Gasteiger partial charge is 0.267 e. The monoisotopic (exact) mass is 511 g/mol. The topological polar surface area (TPSA) is 61.9 Å². The summed E-state index contributed by atoms with van der Waals surface area (Å²) >= 11 is 12.5. The Morgan fingerprint density at radius 1 is 0.886 bits per heavy atom. The molecule has 8 heteroatoms. The quantitative estimate of drug-likeness (QED) is 0.457. The van der Waals surface area contributed by atoms with Crippen LogP contribution < -0.4 is 15.0 Å². The summed E-state index contributed by atoms with van der Waals surface area (Å²) in [4.78, 5) is 29.6. The van der Waals surface area contributed by atoms with Crippen molar-refractivity contribution in [1.82, 2.24) is 4.90 Å². The Kier molecular flexibility index (Phi) is 7.53. The van der Waals surface area contributed by atoms with E-state index in [0.29, 0.717) is 53.2 Å². The van der Waals surface area contributed by atoms with E-state index in [9.17, 15) is 9.59 Å². The van der Waals surface area contributed by atoms with Gasteiger partial charge in [0.05, 0.1) is 10.7 Å². The molecule has 3 aromatic rings. The van der Waals surface area contributed by atoms with Gasteiger partial charge in [-0.2, -0.15) is 0 Å². The van der Waals surface area contributed by atoms with E-state index in [4.69, 9.17) is 27.9 Å². The summed E-state index contributed by atoms with van der Waals surface area (Å²) in [6.45, 7) is 5.96. The Morgan fingerprint density at radius 2 is 1.54 bits per heavy atom. The third kappa shape index (κ3) is 6.08. The van der Waals surface area contributed by atoms with Crippen LogP contribution in [0.2, 0.25) is 10.0 Å². The van der Waals surface area contributed by atoms with E-state index < -0.39 is 5.60 Å². The number of piperazine rings is 1. The minimum atomic E-state index is -1.11. The molecule has 0 radical (unpaired) electrons. The summed E-state index contributed by atoms with van der Waals surface area (Å²) in [7, 11) is 0. The van der Waals surface area contributed by atoms with Crippen molar-refractivity contribution in [3.63, 3.8) is 0 Å². The van der Waals surface area contributed by atoms with Gasteiger partial charge >= 0.3 is 0 Å². The maximum Gasteiger partial charge on any atom is 0.267 e. The highest BCUT2D eigenvalue weighted by Crippen LogP contribution is 2.30. The maximum absolute atomic E-state index is 12.9. The molecule has 4 rings (SSSR count). The molecule has 0 aromatic heterocycles. The Morgan fingerprint density at radius 3 is 2.17 bits per heavy atom. The van der Waals surface area contributed by atoms with E-state index in [1.165, 1.54) is 0 Å². The van der Waals surface area contributed by atoms with Crippen LogP contribution in [0.25, 0.3) is 0 Å². The first-order valence-electron chi connectivity index (χ1n) is 11.4. The van der Waals surface area contributed by atoms with Gasteiger partial charge in [-0.05, 0) is 68.4 Å². The molecule has 182 valence electrons. The second kappa shape index (κ2) is 10.6. The van der Waals surface area contributed by atoms with Gasteiger partial charge in [0.15, 0.2) is 5.60 Å². The summed E-state index contributed by atoms with van der Waals surface area (Å²) in [5.74, 6) is 0.287. The van der Waals surface area contributed by atoms with Crippen molar-refractivity contribution in [3.8, 4) is 5.75 Å². The lowest BCUT2D eigenvalue weighted by Crippen LogP contribution is -2.48. The lowest BCUT2D eigenvalue weighted by molar-refractivity contribution is -0.128. The number of hydrogen-bond acceptors (Lipinski definition) is 4. The number of carbonyl (C=O) groups excluding carboxylic acids is 2. The van der Waals surface area contributed by atoms with Crippen LogP contribution in [0, 0.1) is 0 Å². The van der Waals surface area contributed by atoms with Crippen molar-refractivity contribution < 1.29 is 14.3 Å². The summed E-state index contributed by atoms with van der Waals surface area (Å²) in [5.41, 5.74) is 1.03. The zero-order valence-corrected chi connectivity index (χ0v) is 21.1. The van der Waals surface area contributed by atoms with Gasteiger partial charge in [0, 0.05) is 42.5 Å². The number of rotatable bonds is 6. The number of benzene rings is 3. The van der Waals surface area contributed by atoms with Crippen LogP contribution >= 0.6 is 23.2 Å². The minimum absolute atomic E-state index is 0.0397. The number of anilines is 2. The fraction of sp³-hybridized carbons (Fsp3) is 0.259. The Labute approximate surface area is 215 Å². The van der Waals surface area contributed by atoms with Crippen LogP contribution in [0.5, 0.6) is 5.75 Å². The first-order chi connectivity index (χ1) is 16.7. The molecular weight excluding hydrogens is 485 g/mol. The SMILES string of the molecule is CC(C)(Oc1ccc(Cl)cc1)C(=O)Nc1ccc(N2CCN(C(=O)c3ccccc3)CC2)c(Cl)c1. The largest absolute Gasteiger partial charge is 0.478 e. The molecule has 1 fully saturated rings. The summed E-state index contributed by atoms with van der Waals surface area (Å²) in [6, 6.07) is 21.6. The zero-order chi connectivity index (χ0) is 25.0. The molecule has 0 bridgehead atoms. The molecule has 35 heavy (non-hydrogen) atoms. The van der Waals surface area contributed by atoms with E-state index in [1.54, 1.807) is 44.2 Å². The number of ether oxygens (including phenoxy) is 1. The normalized spacial score (nSPS) is 13.9. The maximum atomic E-state index is 12.9. The lowest BCUT2D eigenvalue weighted by atomic mass is 10.1. The second-order valence-electron chi connectivity index (χ2n) is 8.83. The van der Waals surface area contributed by atoms with Gasteiger partial charge in [-0.1, -0.05) is 41.4 Å². The first-order valence-corrected chi connectivity index (χ1v) is 12.1. The molecule has 3 aromatic carbocycles. The average molecular weight is 512 g/mol. The fourth-order valence-electron chi connectivity index (χ4n) is 3.88. The van der Waals surface area contributed by atoms with E-state index in [-0.39, 0.29) is 11.8 Å². The highest BCUT2D eigenvalue weighted by atomic mass is 35.5. The summed E-state index contributed by atoms with van der Waals surface area (Å²) in [5, 5.41) is 4.00. The minimum Gasteiger partial charge on any atom is -0.478 e. The molecule has 1 aliphatic rings. The highest BCUT2D eigenvalue weighted by molar-refractivity contribution is 6.33. The van der Waals surface area contributed by atoms with Crippen molar-refractivity contribution >= 4 is 46.4 Å². The number of nitrogens with one attached hydrogen (secondary N) is 1. The van der Waals surface area contributed by atoms with Gasteiger partial charge in [0.25, 0.3) is 11.8 Å². The van der Waals surface area contributed by atoms with Crippen molar-refractivity contribution in [1.29, 1.82) is 0 Å². The third-order valence-corrected chi connectivity index (χ3v) is 6.42. The van der Waals surface area contributed by atoms with Gasteiger partial charge in [-0.15, -0.1) is 0 Å². The predicted molar refractivity (Wildman–Crippen MR) is 141 cm³/mol. The molecule has 0 aliphatic carbocycles. The Bertz CT molecular complexity index is 1190. The van der Waals surface area contributed by atoms with E-state index >= 15 is 0 Å². The van der Waals surface area contributed by atoms with Crippen molar-refractivity contribution in [3.05, 3.63) is 88.4 Å². The average Bonchev–Trinajstić information content (AvgIpc) is 2.86. The zero-order valence-electron chi connectivity index (χ0n) is 19.6. The molecule has 0 atom stereocenters. The number of halogens is 2. The number of hydrogen-bond donors (Lipinski definition) is 1. The lowest BCUT2D eigenvalue weighted by Gasteiger charge is -2.36. The van der Waals surface area contributed by atoms with Crippen LogP contribution in [0.4, 0.5) is 11.4 Å². The van der Waals surface area contributed by atoms with Crippen LogP contribution in [-0.2, 0) is 4.79 Å². The van der Waals surface area contributed by atoms with Gasteiger partial charge < -0.3 is 19.9 Å². The Balaban J connectivity index is 1.36. The molecule has 0 unspecified atom stereocenters. The van der Waals surface area contributed by atoms with Crippen molar-refractivity contribution in [2.75, 3.05) is 36.4 Å².